The third-order valence-electron chi connectivity index (χ3n) is 8.72. The van der Waals surface area contributed by atoms with Crippen LogP contribution in [0.2, 0.25) is 0 Å². The topological polar surface area (TPSA) is 193 Å². The molecule has 2 rings (SSSR count). The summed E-state index contributed by atoms with van der Waals surface area (Å²) in [6.07, 6.45) is -0.600. The lowest BCUT2D eigenvalue weighted by Crippen LogP contribution is -2.59. The van der Waals surface area contributed by atoms with Crippen molar-refractivity contribution >= 4 is 41.4 Å². The summed E-state index contributed by atoms with van der Waals surface area (Å²) in [4.78, 5) is 96.4. The van der Waals surface area contributed by atoms with Gasteiger partial charge in [0.2, 0.25) is 29.4 Å². The van der Waals surface area contributed by atoms with Crippen LogP contribution in [0.1, 0.15) is 100 Å². The Hall–Kier alpha value is -4.53. The Kier molecular flexibility index (Phi) is 17.3. The van der Waals surface area contributed by atoms with Gasteiger partial charge in [0.05, 0.1) is 30.9 Å². The van der Waals surface area contributed by atoms with E-state index in [1.165, 1.54) is 9.80 Å². The van der Waals surface area contributed by atoms with Crippen LogP contribution in [-0.4, -0.2) is 115 Å². The van der Waals surface area contributed by atoms with Crippen molar-refractivity contribution in [2.24, 2.45) is 17.3 Å². The Labute approximate surface area is 326 Å². The monoisotopic (exact) mass is 772 g/mol. The molecule has 15 heteroatoms. The van der Waals surface area contributed by atoms with Crippen molar-refractivity contribution in [1.29, 1.82) is 0 Å². The number of rotatable bonds is 17. The summed E-state index contributed by atoms with van der Waals surface area (Å²) in [5.74, 6) is -4.14. The summed E-state index contributed by atoms with van der Waals surface area (Å²) in [5, 5.41) is 10.4. The Morgan fingerprint density at radius 2 is 1.47 bits per heavy atom. The first-order valence-corrected chi connectivity index (χ1v) is 19.0. The fourth-order valence-electron chi connectivity index (χ4n) is 5.94. The number of hydrogen-bond donors (Lipinski definition) is 4. The molecule has 0 spiro atoms. The molecule has 0 bridgehead atoms. The van der Waals surface area contributed by atoms with Crippen molar-refractivity contribution in [1.82, 2.24) is 31.1 Å². The maximum absolute atomic E-state index is 14.3. The van der Waals surface area contributed by atoms with Crippen LogP contribution in [0, 0.1) is 17.3 Å². The average molecular weight is 773 g/mol. The molecule has 5 atom stereocenters. The average Bonchev–Trinajstić information content (AvgIpc) is 3.50. The first-order chi connectivity index (χ1) is 25.4. The quantitative estimate of drug-likeness (QED) is 0.172. The molecule has 1 fully saturated rings. The number of hydrogen-bond acceptors (Lipinski definition) is 9. The second kappa shape index (κ2) is 20.4. The molecule has 0 saturated carbocycles. The lowest BCUT2D eigenvalue weighted by atomic mass is 9.85. The van der Waals surface area contributed by atoms with E-state index in [1.807, 2.05) is 48.5 Å². The fraction of sp³-hybridized carbons (Fsp3) is 0.675. The van der Waals surface area contributed by atoms with E-state index in [2.05, 4.69) is 21.3 Å². The Bertz CT molecular complexity index is 1500. The minimum absolute atomic E-state index is 0.0456. The van der Waals surface area contributed by atoms with Crippen molar-refractivity contribution in [3.63, 3.8) is 0 Å². The van der Waals surface area contributed by atoms with E-state index in [-0.39, 0.29) is 43.7 Å². The maximum Gasteiger partial charge on any atom is 0.407 e. The number of amides is 6. The number of ketones is 1. The highest BCUT2D eigenvalue weighted by Crippen LogP contribution is 2.29. The number of Topliss-reactive ketones (excluding diaryl/α,β-unsaturated/α-hetero) is 1. The minimum atomic E-state index is -1.27. The van der Waals surface area contributed by atoms with Gasteiger partial charge in [0.15, 0.2) is 0 Å². The van der Waals surface area contributed by atoms with E-state index >= 15 is 0 Å². The van der Waals surface area contributed by atoms with Gasteiger partial charge < -0.3 is 40.5 Å². The summed E-state index contributed by atoms with van der Waals surface area (Å²) >= 11 is 0. The van der Waals surface area contributed by atoms with E-state index in [0.29, 0.717) is 12.0 Å². The summed E-state index contributed by atoms with van der Waals surface area (Å²) in [6.45, 7) is 18.2. The summed E-state index contributed by atoms with van der Waals surface area (Å²) in [7, 11) is 3.11. The summed E-state index contributed by atoms with van der Waals surface area (Å²) in [5.41, 5.74) is -0.841. The number of benzene rings is 1. The van der Waals surface area contributed by atoms with Gasteiger partial charge >= 0.3 is 6.09 Å². The molecule has 15 nitrogen and oxygen atoms in total. The number of likely N-dealkylation sites (tertiary alicyclic amines) is 1. The van der Waals surface area contributed by atoms with E-state index in [0.717, 1.165) is 0 Å². The highest BCUT2D eigenvalue weighted by molar-refractivity contribution is 6.38. The highest BCUT2D eigenvalue weighted by atomic mass is 16.5. The maximum atomic E-state index is 14.3. The predicted octanol–water partition coefficient (Wildman–Crippen LogP) is 3.12. The number of ether oxygens (including phenoxy) is 2. The van der Waals surface area contributed by atoms with Gasteiger partial charge in [-0.2, -0.15) is 0 Å². The molecule has 1 aliphatic heterocycles. The molecule has 1 aliphatic rings. The number of likely N-dealkylation sites (N-methyl/N-ethyl adjacent to an activating group) is 1. The van der Waals surface area contributed by atoms with Gasteiger partial charge in [-0.15, -0.1) is 0 Å². The van der Waals surface area contributed by atoms with Crippen LogP contribution >= 0.6 is 0 Å². The second-order valence-corrected chi connectivity index (χ2v) is 17.3. The van der Waals surface area contributed by atoms with Gasteiger partial charge in [0.1, 0.15) is 18.1 Å². The molecule has 6 amide bonds. The molecule has 1 saturated heterocycles. The van der Waals surface area contributed by atoms with Gasteiger partial charge in [-0.3, -0.25) is 28.8 Å². The Morgan fingerprint density at radius 1 is 0.855 bits per heavy atom. The second-order valence-electron chi connectivity index (χ2n) is 17.3. The minimum Gasteiger partial charge on any atom is -0.449 e. The van der Waals surface area contributed by atoms with Gasteiger partial charge in [-0.1, -0.05) is 78.8 Å². The number of alkyl carbamates (subject to hydrolysis) is 1. The molecule has 1 aromatic carbocycles. The molecule has 0 aliphatic carbocycles. The number of nitrogens with zero attached hydrogens (tertiary/aromatic N) is 2. The zero-order valence-corrected chi connectivity index (χ0v) is 34.7. The van der Waals surface area contributed by atoms with Gasteiger partial charge in [-0.05, 0) is 56.4 Å². The third kappa shape index (κ3) is 15.3. The summed E-state index contributed by atoms with van der Waals surface area (Å²) in [6, 6.07) is 4.16. The first-order valence-electron chi connectivity index (χ1n) is 19.0. The molecular weight excluding hydrogens is 708 g/mol. The zero-order chi connectivity index (χ0) is 41.8. The van der Waals surface area contributed by atoms with Gasteiger partial charge in [-0.25, -0.2) is 4.79 Å². The van der Waals surface area contributed by atoms with Crippen molar-refractivity contribution in [2.45, 2.75) is 124 Å². The highest BCUT2D eigenvalue weighted by Gasteiger charge is 2.47. The largest absolute Gasteiger partial charge is 0.449 e. The number of carbonyl (C=O) groups excluding carboxylic acids is 7. The molecule has 1 unspecified atom stereocenters. The van der Waals surface area contributed by atoms with Crippen molar-refractivity contribution < 1.29 is 43.0 Å². The summed E-state index contributed by atoms with van der Waals surface area (Å²) < 4.78 is 11.5. The van der Waals surface area contributed by atoms with Gasteiger partial charge in [0.25, 0.3) is 5.91 Å². The van der Waals surface area contributed by atoms with E-state index in [9.17, 15) is 33.6 Å². The molecule has 0 aromatic heterocycles. The lowest BCUT2D eigenvalue weighted by Gasteiger charge is -2.35. The SMILES string of the molecule is CC(C)CCC(NC(=O)[C@@H]1C[C@@H](OC(C)(C)C)CN1C(=O)[C@@H](NC(=O)OCC(C)C)C(C)(C)C)C(=O)C(=O)NCC(=O)N[C@H](C(=O)N(C)C)c1ccccc1. The lowest BCUT2D eigenvalue weighted by molar-refractivity contribution is -0.144. The van der Waals surface area contributed by atoms with Crippen LogP contribution in [0.4, 0.5) is 4.79 Å². The Balaban J connectivity index is 2.30. The van der Waals surface area contributed by atoms with Crippen LogP contribution in [0.3, 0.4) is 0 Å². The van der Waals surface area contributed by atoms with Gasteiger partial charge in [0, 0.05) is 27.1 Å². The first kappa shape index (κ1) is 46.6. The van der Waals surface area contributed by atoms with E-state index in [1.54, 1.807) is 65.2 Å². The number of carbonyl (C=O) groups is 7. The molecular formula is C40H64N6O9. The van der Waals surface area contributed by atoms with Crippen LogP contribution in [-0.2, 0) is 38.2 Å². The fourth-order valence-corrected chi connectivity index (χ4v) is 5.94. The standard InChI is InChI=1S/C40H64N6O9/c1-24(2)18-19-28(32(48)35(50)41-21-30(47)43-31(36(51)45(11)12)26-16-14-13-15-17-26)42-34(49)29-20-27(55-40(8,9)10)22-46(29)37(52)33(39(5,6)7)44-38(53)54-23-25(3)4/h13-17,24-25,27-29,31,33H,18-23H2,1-12H3,(H,41,50)(H,42,49)(H,43,47)(H,44,53)/t27-,28?,29+,31+,33-/m1/s1. The van der Waals surface area contributed by atoms with Crippen LogP contribution in [0.5, 0.6) is 0 Å². The van der Waals surface area contributed by atoms with Crippen LogP contribution in [0.15, 0.2) is 30.3 Å². The predicted molar refractivity (Wildman–Crippen MR) is 207 cm³/mol. The van der Waals surface area contributed by atoms with Crippen molar-refractivity contribution in [3.8, 4) is 0 Å². The van der Waals surface area contributed by atoms with E-state index in [4.69, 9.17) is 9.47 Å². The smallest absolute Gasteiger partial charge is 0.407 e. The molecule has 308 valence electrons. The molecule has 0 radical (unpaired) electrons. The third-order valence-corrected chi connectivity index (χ3v) is 8.72. The molecule has 4 N–H and O–H groups in total. The zero-order valence-electron chi connectivity index (χ0n) is 34.7. The molecule has 1 heterocycles. The molecule has 1 aromatic rings. The Morgan fingerprint density at radius 3 is 2.00 bits per heavy atom. The number of nitrogens with one attached hydrogen (secondary N) is 4. The normalized spacial score (nSPS) is 17.5. The van der Waals surface area contributed by atoms with Crippen LogP contribution in [0.25, 0.3) is 0 Å². The van der Waals surface area contributed by atoms with Crippen LogP contribution < -0.4 is 21.3 Å². The van der Waals surface area contributed by atoms with E-state index < -0.39 is 83.3 Å². The van der Waals surface area contributed by atoms with Crippen molar-refractivity contribution in [3.05, 3.63) is 35.9 Å². The van der Waals surface area contributed by atoms with Crippen molar-refractivity contribution in [2.75, 3.05) is 33.8 Å². The molecule has 55 heavy (non-hydrogen) atoms.